The highest BCUT2D eigenvalue weighted by atomic mass is 16.4. The van der Waals surface area contributed by atoms with Crippen LogP contribution in [0.15, 0.2) is 33.5 Å². The lowest BCUT2D eigenvalue weighted by Crippen LogP contribution is -2.13. The topological polar surface area (TPSA) is 120 Å². The minimum atomic E-state index is -1.13. The van der Waals surface area contributed by atoms with Crippen LogP contribution in [0.4, 0.5) is 5.69 Å². The Hall–Kier alpha value is -2.80. The van der Waals surface area contributed by atoms with Gasteiger partial charge in [0.25, 0.3) is 0 Å². The molecule has 0 saturated heterocycles. The first-order chi connectivity index (χ1) is 11.2. The van der Waals surface area contributed by atoms with Gasteiger partial charge in [0.2, 0.25) is 5.91 Å². The van der Waals surface area contributed by atoms with E-state index in [1.54, 1.807) is 6.92 Å². The lowest BCUT2D eigenvalue weighted by Gasteiger charge is -2.19. The van der Waals surface area contributed by atoms with Crippen molar-refractivity contribution < 1.29 is 24.5 Å². The van der Waals surface area contributed by atoms with Crippen molar-refractivity contribution in [1.29, 1.82) is 0 Å². The molecule has 0 spiro atoms. The molecule has 2 atom stereocenters. The second kappa shape index (κ2) is 6.76. The summed E-state index contributed by atoms with van der Waals surface area (Å²) in [6.07, 6.45) is -1.13. The van der Waals surface area contributed by atoms with Gasteiger partial charge in [-0.25, -0.2) is 4.79 Å². The number of phenolic OH excluding ortho intramolecular Hbond substituents is 1. The molecule has 4 N–H and O–H groups in total. The van der Waals surface area contributed by atoms with Gasteiger partial charge >= 0.3 is 5.63 Å². The van der Waals surface area contributed by atoms with Gasteiger partial charge in [0.05, 0.1) is 11.7 Å². The molecule has 128 valence electrons. The number of hydrogen-bond acceptors (Lipinski definition) is 6. The first kappa shape index (κ1) is 17.6. The first-order valence-electron chi connectivity index (χ1n) is 7.32. The van der Waals surface area contributed by atoms with Crippen LogP contribution in [-0.4, -0.2) is 21.2 Å². The Bertz CT molecular complexity index is 826. The molecular weight excluding hydrogens is 314 g/mol. The molecule has 0 aliphatic rings. The van der Waals surface area contributed by atoms with Crippen LogP contribution in [0.2, 0.25) is 0 Å². The Morgan fingerprint density at radius 1 is 1.21 bits per heavy atom. The second-order valence-corrected chi connectivity index (χ2v) is 5.67. The predicted molar refractivity (Wildman–Crippen MR) is 87.2 cm³/mol. The monoisotopic (exact) mass is 333 g/mol. The number of aliphatic hydroxyl groups excluding tert-OH is 1. The zero-order valence-electron chi connectivity index (χ0n) is 13.5. The van der Waals surface area contributed by atoms with E-state index in [0.717, 1.165) is 0 Å². The molecule has 2 rings (SSSR count). The number of rotatable bonds is 4. The van der Waals surface area contributed by atoms with E-state index in [2.05, 4.69) is 5.32 Å². The summed E-state index contributed by atoms with van der Waals surface area (Å²) < 4.78 is 5.11. The average molecular weight is 333 g/mol. The molecule has 0 unspecified atom stereocenters. The van der Waals surface area contributed by atoms with Crippen LogP contribution in [0.5, 0.6) is 11.5 Å². The lowest BCUT2D eigenvalue weighted by molar-refractivity contribution is -0.114. The van der Waals surface area contributed by atoms with Crippen LogP contribution < -0.4 is 10.9 Å². The van der Waals surface area contributed by atoms with Crippen molar-refractivity contribution in [2.75, 3.05) is 5.32 Å². The first-order valence-corrected chi connectivity index (χ1v) is 7.32. The maximum Gasteiger partial charge on any atom is 0.342 e. The zero-order valence-corrected chi connectivity index (χ0v) is 13.5. The van der Waals surface area contributed by atoms with Gasteiger partial charge in [-0.2, -0.15) is 0 Å². The SMILES string of the molecule is CC(=O)Nc1cc(O)cc([C@@H](O)[C@@H](C)c2cc(O)c(C)c(=O)o2)c1. The van der Waals surface area contributed by atoms with Crippen LogP contribution in [0.1, 0.15) is 42.8 Å². The number of carbonyl (C=O) groups excluding carboxylic acids is 1. The van der Waals surface area contributed by atoms with E-state index in [9.17, 15) is 24.9 Å². The Kier molecular flexibility index (Phi) is 4.94. The number of nitrogens with one attached hydrogen (secondary N) is 1. The van der Waals surface area contributed by atoms with Crippen LogP contribution in [-0.2, 0) is 4.79 Å². The summed E-state index contributed by atoms with van der Waals surface area (Å²) in [5, 5.41) is 32.5. The highest BCUT2D eigenvalue weighted by Crippen LogP contribution is 2.34. The van der Waals surface area contributed by atoms with Crippen molar-refractivity contribution in [1.82, 2.24) is 0 Å². The number of amides is 1. The molecule has 0 saturated carbocycles. The summed E-state index contributed by atoms with van der Waals surface area (Å²) in [6, 6.07) is 5.48. The number of carbonyl (C=O) groups is 1. The predicted octanol–water partition coefficient (Wildman–Crippen LogP) is 2.15. The summed E-state index contributed by atoms with van der Waals surface area (Å²) >= 11 is 0. The Morgan fingerprint density at radius 2 is 1.88 bits per heavy atom. The molecule has 24 heavy (non-hydrogen) atoms. The van der Waals surface area contributed by atoms with E-state index in [4.69, 9.17) is 4.42 Å². The quantitative estimate of drug-likeness (QED) is 0.680. The number of hydrogen-bond donors (Lipinski definition) is 4. The van der Waals surface area contributed by atoms with Gasteiger partial charge in [-0.3, -0.25) is 4.79 Å². The number of benzene rings is 1. The van der Waals surface area contributed by atoms with Crippen molar-refractivity contribution in [2.45, 2.75) is 32.8 Å². The van der Waals surface area contributed by atoms with E-state index in [0.29, 0.717) is 11.3 Å². The van der Waals surface area contributed by atoms with E-state index < -0.39 is 17.6 Å². The average Bonchev–Trinajstić information content (AvgIpc) is 2.49. The molecule has 1 aromatic carbocycles. The Labute approximate surface area is 138 Å². The molecule has 7 nitrogen and oxygen atoms in total. The Morgan fingerprint density at radius 3 is 2.46 bits per heavy atom. The van der Waals surface area contributed by atoms with Crippen LogP contribution in [0, 0.1) is 6.92 Å². The standard InChI is InChI=1S/C17H19NO6/c1-8-14(21)7-15(24-17(8)23)9(2)16(22)11-4-12(18-10(3)19)6-13(20)5-11/h4-7,9,16,20-22H,1-3H3,(H,18,19)/t9-,16-/m0/s1. The minimum absolute atomic E-state index is 0.0886. The molecule has 2 aromatic rings. The van der Waals surface area contributed by atoms with Crippen LogP contribution in [0.3, 0.4) is 0 Å². The van der Waals surface area contributed by atoms with Gasteiger partial charge in [-0.05, 0) is 24.6 Å². The van der Waals surface area contributed by atoms with Gasteiger partial charge in [0.1, 0.15) is 17.3 Å². The third kappa shape index (κ3) is 3.75. The number of phenols is 1. The molecule has 7 heteroatoms. The second-order valence-electron chi connectivity index (χ2n) is 5.67. The van der Waals surface area contributed by atoms with Gasteiger partial charge < -0.3 is 25.1 Å². The van der Waals surface area contributed by atoms with Gasteiger partial charge in [0.15, 0.2) is 0 Å². The van der Waals surface area contributed by atoms with E-state index in [1.807, 2.05) is 0 Å². The molecule has 1 amide bonds. The molecule has 1 heterocycles. The van der Waals surface area contributed by atoms with Crippen molar-refractivity contribution in [3.05, 3.63) is 51.6 Å². The summed E-state index contributed by atoms with van der Waals surface area (Å²) in [4.78, 5) is 22.8. The Balaban J connectivity index is 2.37. The number of aromatic hydroxyl groups is 2. The molecule has 0 fully saturated rings. The fraction of sp³-hybridized carbons (Fsp3) is 0.294. The lowest BCUT2D eigenvalue weighted by atomic mass is 9.94. The van der Waals surface area contributed by atoms with Crippen molar-refractivity contribution in [3.63, 3.8) is 0 Å². The van der Waals surface area contributed by atoms with Crippen molar-refractivity contribution in [3.8, 4) is 11.5 Å². The fourth-order valence-corrected chi connectivity index (χ4v) is 2.31. The van der Waals surface area contributed by atoms with E-state index in [1.165, 1.54) is 38.1 Å². The molecule has 0 aliphatic carbocycles. The number of aliphatic hydroxyl groups is 1. The maximum absolute atomic E-state index is 11.7. The van der Waals surface area contributed by atoms with E-state index >= 15 is 0 Å². The van der Waals surface area contributed by atoms with Crippen molar-refractivity contribution in [2.24, 2.45) is 0 Å². The smallest absolute Gasteiger partial charge is 0.342 e. The third-order valence-electron chi connectivity index (χ3n) is 3.70. The van der Waals surface area contributed by atoms with E-state index in [-0.39, 0.29) is 28.7 Å². The third-order valence-corrected chi connectivity index (χ3v) is 3.70. The molecule has 0 bridgehead atoms. The molecule has 0 radical (unpaired) electrons. The highest BCUT2D eigenvalue weighted by Gasteiger charge is 2.23. The summed E-state index contributed by atoms with van der Waals surface area (Å²) in [5.41, 5.74) is 0.0653. The summed E-state index contributed by atoms with van der Waals surface area (Å²) in [5.74, 6) is -1.22. The maximum atomic E-state index is 11.7. The van der Waals surface area contributed by atoms with Gasteiger partial charge in [-0.15, -0.1) is 0 Å². The summed E-state index contributed by atoms with van der Waals surface area (Å²) in [7, 11) is 0. The van der Waals surface area contributed by atoms with Crippen LogP contribution >= 0.6 is 0 Å². The van der Waals surface area contributed by atoms with Crippen molar-refractivity contribution >= 4 is 11.6 Å². The molecule has 0 aliphatic heterocycles. The molecular formula is C17H19NO6. The zero-order chi connectivity index (χ0) is 18.0. The summed E-state index contributed by atoms with van der Waals surface area (Å²) in [6.45, 7) is 4.37. The number of anilines is 1. The normalized spacial score (nSPS) is 13.3. The largest absolute Gasteiger partial charge is 0.508 e. The van der Waals surface area contributed by atoms with Gasteiger partial charge in [-0.1, -0.05) is 6.92 Å². The minimum Gasteiger partial charge on any atom is -0.508 e. The van der Waals surface area contributed by atoms with Gasteiger partial charge in [0, 0.05) is 30.7 Å². The highest BCUT2D eigenvalue weighted by molar-refractivity contribution is 5.89. The fourth-order valence-electron chi connectivity index (χ4n) is 2.31. The molecule has 1 aromatic heterocycles. The van der Waals surface area contributed by atoms with Crippen LogP contribution in [0.25, 0.3) is 0 Å².